The number of amides is 1. The van der Waals surface area contributed by atoms with Crippen LogP contribution in [0.2, 0.25) is 10.0 Å². The van der Waals surface area contributed by atoms with Crippen LogP contribution in [-0.2, 0) is 17.1 Å². The lowest BCUT2D eigenvalue weighted by molar-refractivity contribution is 0.102. The molecule has 0 spiro atoms. The molecular formula is C22H17Cl2N3O3S. The lowest BCUT2D eigenvalue weighted by atomic mass is 10.1. The second-order valence-electron chi connectivity index (χ2n) is 6.92. The molecular weight excluding hydrogens is 457 g/mol. The van der Waals surface area contributed by atoms with E-state index in [0.29, 0.717) is 27.8 Å². The van der Waals surface area contributed by atoms with E-state index in [1.54, 1.807) is 48.1 Å². The zero-order chi connectivity index (χ0) is 22.2. The van der Waals surface area contributed by atoms with Crippen LogP contribution in [-0.4, -0.2) is 18.9 Å². The number of sulfonamides is 1. The van der Waals surface area contributed by atoms with E-state index in [4.69, 9.17) is 23.2 Å². The highest BCUT2D eigenvalue weighted by molar-refractivity contribution is 7.92. The number of hydrogen-bond donors (Lipinski definition) is 2. The number of nitrogens with zero attached hydrogens (tertiary/aromatic N) is 1. The fourth-order valence-corrected chi connectivity index (χ4v) is 5.02. The number of fused-ring (bicyclic) bond motifs is 1. The first-order valence-corrected chi connectivity index (χ1v) is 11.4. The smallest absolute Gasteiger partial charge is 0.261 e. The predicted molar refractivity (Wildman–Crippen MR) is 125 cm³/mol. The fraction of sp³-hybridized carbons (Fsp3) is 0.0455. The highest BCUT2D eigenvalue weighted by Gasteiger charge is 2.18. The number of anilines is 2. The van der Waals surface area contributed by atoms with Crippen molar-refractivity contribution in [2.24, 2.45) is 7.05 Å². The SMILES string of the molecule is Cn1cc(C(=O)Nc2ccccc2)c2ccc(NS(=O)(=O)c3cc(Cl)cc(Cl)c3)cc21. The molecule has 3 aromatic carbocycles. The van der Waals surface area contributed by atoms with Crippen LogP contribution in [0.5, 0.6) is 0 Å². The highest BCUT2D eigenvalue weighted by atomic mass is 35.5. The number of aromatic nitrogens is 1. The van der Waals surface area contributed by atoms with Crippen molar-refractivity contribution >= 4 is 61.4 Å². The van der Waals surface area contributed by atoms with Crippen LogP contribution in [0, 0.1) is 0 Å². The van der Waals surface area contributed by atoms with Gasteiger partial charge in [-0.3, -0.25) is 9.52 Å². The second kappa shape index (κ2) is 8.26. The van der Waals surface area contributed by atoms with Crippen LogP contribution in [0.1, 0.15) is 10.4 Å². The third kappa shape index (κ3) is 4.54. The van der Waals surface area contributed by atoms with Gasteiger partial charge in [-0.05, 0) is 48.5 Å². The van der Waals surface area contributed by atoms with Crippen molar-refractivity contribution in [3.63, 3.8) is 0 Å². The summed E-state index contributed by atoms with van der Waals surface area (Å²) in [5.74, 6) is -0.251. The molecule has 0 fully saturated rings. The zero-order valence-electron chi connectivity index (χ0n) is 16.3. The Morgan fingerprint density at radius 2 is 1.58 bits per heavy atom. The summed E-state index contributed by atoms with van der Waals surface area (Å²) in [7, 11) is -2.11. The summed E-state index contributed by atoms with van der Waals surface area (Å²) in [5, 5.41) is 4.00. The van der Waals surface area contributed by atoms with Crippen molar-refractivity contribution < 1.29 is 13.2 Å². The molecule has 1 amide bonds. The van der Waals surface area contributed by atoms with Crippen molar-refractivity contribution in [1.29, 1.82) is 0 Å². The first-order chi connectivity index (χ1) is 14.7. The third-order valence-electron chi connectivity index (χ3n) is 4.67. The van der Waals surface area contributed by atoms with Crippen LogP contribution in [0.25, 0.3) is 10.9 Å². The topological polar surface area (TPSA) is 80.2 Å². The summed E-state index contributed by atoms with van der Waals surface area (Å²) in [4.78, 5) is 12.7. The Kier molecular flexibility index (Phi) is 5.66. The Balaban J connectivity index is 1.64. The summed E-state index contributed by atoms with van der Waals surface area (Å²) in [6, 6.07) is 18.2. The van der Waals surface area contributed by atoms with Crippen LogP contribution >= 0.6 is 23.2 Å². The molecule has 4 rings (SSSR count). The zero-order valence-corrected chi connectivity index (χ0v) is 18.6. The van der Waals surface area contributed by atoms with Crippen molar-refractivity contribution in [2.45, 2.75) is 4.90 Å². The Morgan fingerprint density at radius 1 is 0.903 bits per heavy atom. The minimum atomic E-state index is -3.90. The van der Waals surface area contributed by atoms with Gasteiger partial charge in [-0.15, -0.1) is 0 Å². The van der Waals surface area contributed by atoms with Crippen LogP contribution in [0.15, 0.2) is 77.8 Å². The molecule has 1 heterocycles. The average molecular weight is 474 g/mol. The number of carbonyl (C=O) groups is 1. The van der Waals surface area contributed by atoms with E-state index >= 15 is 0 Å². The molecule has 6 nitrogen and oxygen atoms in total. The van der Waals surface area contributed by atoms with E-state index in [2.05, 4.69) is 10.0 Å². The number of nitrogens with one attached hydrogen (secondary N) is 2. The minimum absolute atomic E-state index is 0.0418. The first-order valence-electron chi connectivity index (χ1n) is 9.17. The maximum absolute atomic E-state index is 12.7. The molecule has 0 bridgehead atoms. The molecule has 0 saturated heterocycles. The van der Waals surface area contributed by atoms with Gasteiger partial charge in [0.2, 0.25) is 0 Å². The van der Waals surface area contributed by atoms with Crippen molar-refractivity contribution in [1.82, 2.24) is 4.57 Å². The summed E-state index contributed by atoms with van der Waals surface area (Å²) >= 11 is 11.9. The standard InChI is InChI=1S/C22H17Cl2N3O3S/c1-27-13-20(22(28)25-16-5-3-2-4-6-16)19-8-7-17(12-21(19)27)26-31(29,30)18-10-14(23)9-15(24)11-18/h2-13,26H,1H3,(H,25,28). The molecule has 0 saturated carbocycles. The van der Waals surface area contributed by atoms with Crippen molar-refractivity contribution in [2.75, 3.05) is 10.0 Å². The maximum Gasteiger partial charge on any atom is 0.261 e. The number of rotatable bonds is 5. The lowest BCUT2D eigenvalue weighted by Gasteiger charge is -2.10. The molecule has 0 aliphatic rings. The average Bonchev–Trinajstić information content (AvgIpc) is 3.04. The van der Waals surface area contributed by atoms with Gasteiger partial charge in [0.1, 0.15) is 0 Å². The molecule has 0 unspecified atom stereocenters. The van der Waals surface area contributed by atoms with Gasteiger partial charge in [0.25, 0.3) is 15.9 Å². The van der Waals surface area contributed by atoms with E-state index in [1.807, 2.05) is 18.2 Å². The van der Waals surface area contributed by atoms with Gasteiger partial charge in [-0.1, -0.05) is 41.4 Å². The van der Waals surface area contributed by atoms with E-state index in [9.17, 15) is 13.2 Å². The van der Waals surface area contributed by atoms with Gasteiger partial charge in [0.15, 0.2) is 0 Å². The maximum atomic E-state index is 12.7. The highest BCUT2D eigenvalue weighted by Crippen LogP contribution is 2.28. The van der Waals surface area contributed by atoms with E-state index < -0.39 is 10.0 Å². The number of aryl methyl sites for hydroxylation is 1. The van der Waals surface area contributed by atoms with Gasteiger partial charge < -0.3 is 9.88 Å². The number of halogens is 2. The van der Waals surface area contributed by atoms with Gasteiger partial charge in [-0.25, -0.2) is 8.42 Å². The molecule has 0 aliphatic heterocycles. The van der Waals surface area contributed by atoms with Crippen molar-refractivity contribution in [3.8, 4) is 0 Å². The van der Waals surface area contributed by atoms with Crippen LogP contribution in [0.4, 0.5) is 11.4 Å². The molecule has 4 aromatic rings. The molecule has 1 aromatic heterocycles. The van der Waals surface area contributed by atoms with E-state index in [0.717, 1.165) is 0 Å². The first kappa shape index (κ1) is 21.2. The normalized spacial score (nSPS) is 11.5. The molecule has 0 atom stereocenters. The predicted octanol–water partition coefficient (Wildman–Crippen LogP) is 5.54. The molecule has 0 radical (unpaired) electrons. The van der Waals surface area contributed by atoms with Crippen molar-refractivity contribution in [3.05, 3.63) is 88.5 Å². The Hall–Kier alpha value is -3.00. The fourth-order valence-electron chi connectivity index (χ4n) is 3.25. The van der Waals surface area contributed by atoms with E-state index in [1.165, 1.54) is 18.2 Å². The number of benzene rings is 3. The molecule has 0 aliphatic carbocycles. The van der Waals surface area contributed by atoms with Gasteiger partial charge >= 0.3 is 0 Å². The summed E-state index contributed by atoms with van der Waals surface area (Å²) in [6.45, 7) is 0. The quantitative estimate of drug-likeness (QED) is 0.399. The largest absolute Gasteiger partial charge is 0.350 e. The van der Waals surface area contributed by atoms with Gasteiger partial charge in [0, 0.05) is 34.4 Å². The third-order valence-corrected chi connectivity index (χ3v) is 6.46. The Labute approximate surface area is 189 Å². The van der Waals surface area contributed by atoms with Crippen LogP contribution < -0.4 is 10.0 Å². The molecule has 31 heavy (non-hydrogen) atoms. The Bertz CT molecular complexity index is 1380. The van der Waals surface area contributed by atoms with Crippen LogP contribution in [0.3, 0.4) is 0 Å². The molecule has 2 N–H and O–H groups in total. The monoisotopic (exact) mass is 473 g/mol. The lowest BCUT2D eigenvalue weighted by Crippen LogP contribution is -2.13. The molecule has 158 valence electrons. The summed E-state index contributed by atoms with van der Waals surface area (Å²) in [6.07, 6.45) is 1.71. The summed E-state index contributed by atoms with van der Waals surface area (Å²) < 4.78 is 29.8. The Morgan fingerprint density at radius 3 is 2.26 bits per heavy atom. The van der Waals surface area contributed by atoms with Gasteiger partial charge in [-0.2, -0.15) is 0 Å². The number of hydrogen-bond acceptors (Lipinski definition) is 3. The van der Waals surface area contributed by atoms with E-state index in [-0.39, 0.29) is 20.8 Å². The number of carbonyl (C=O) groups excluding carboxylic acids is 1. The van der Waals surface area contributed by atoms with Gasteiger partial charge in [0.05, 0.1) is 21.7 Å². The minimum Gasteiger partial charge on any atom is -0.350 e. The molecule has 9 heteroatoms. The second-order valence-corrected chi connectivity index (χ2v) is 9.47. The summed E-state index contributed by atoms with van der Waals surface area (Å²) in [5.41, 5.74) is 2.22. The number of para-hydroxylation sites is 1.